The van der Waals surface area contributed by atoms with Crippen LogP contribution in [0, 0.1) is 5.41 Å². The number of piperidine rings is 1. The molecule has 2 rings (SSSR count). The molecule has 1 spiro atoms. The van der Waals surface area contributed by atoms with Gasteiger partial charge in [-0.3, -0.25) is 0 Å². The fraction of sp³-hybridized carbons (Fsp3) is 1.00. The monoisotopic (exact) mass is 276 g/mol. The van der Waals surface area contributed by atoms with Crippen LogP contribution in [0.4, 0.5) is 0 Å². The number of ether oxygens (including phenoxy) is 1. The summed E-state index contributed by atoms with van der Waals surface area (Å²) in [6, 6.07) is 0.619. The van der Waals surface area contributed by atoms with Crippen molar-refractivity contribution >= 4 is 12.4 Å². The molecule has 0 radical (unpaired) electrons. The van der Waals surface area contributed by atoms with Gasteiger partial charge in [0.15, 0.2) is 0 Å². The smallest absolute Gasteiger partial charge is 0.0702 e. The summed E-state index contributed by atoms with van der Waals surface area (Å²) in [6.45, 7) is 8.94. The lowest BCUT2D eigenvalue weighted by Crippen LogP contribution is -2.46. The Kier molecular flexibility index (Phi) is 6.39. The molecule has 108 valence electrons. The molecule has 0 aliphatic carbocycles. The molecule has 2 fully saturated rings. The molecule has 4 heteroatoms. The summed E-state index contributed by atoms with van der Waals surface area (Å²) in [5.41, 5.74) is 0.512. The molecule has 0 aromatic heterocycles. The maximum absolute atomic E-state index is 6.12. The number of hydrogen-bond acceptors (Lipinski definition) is 3. The van der Waals surface area contributed by atoms with E-state index in [1.54, 1.807) is 0 Å². The van der Waals surface area contributed by atoms with Crippen molar-refractivity contribution in [1.29, 1.82) is 0 Å². The second kappa shape index (κ2) is 7.09. The third-order valence-corrected chi connectivity index (χ3v) is 4.66. The first-order valence-corrected chi connectivity index (χ1v) is 7.14. The van der Waals surface area contributed by atoms with Crippen LogP contribution in [0.3, 0.4) is 0 Å². The van der Waals surface area contributed by atoms with Gasteiger partial charge in [0, 0.05) is 12.6 Å². The predicted octanol–water partition coefficient (Wildman–Crippen LogP) is 2.30. The number of rotatable bonds is 3. The highest BCUT2D eigenvalue weighted by Gasteiger charge is 2.37. The summed E-state index contributed by atoms with van der Waals surface area (Å²) < 4.78 is 6.12. The predicted molar refractivity (Wildman–Crippen MR) is 78.5 cm³/mol. The Morgan fingerprint density at radius 3 is 2.44 bits per heavy atom. The van der Waals surface area contributed by atoms with Crippen molar-refractivity contribution < 1.29 is 4.74 Å². The number of nitrogens with one attached hydrogen (secondary N) is 1. The number of nitrogens with zero attached hydrogens (tertiary/aromatic N) is 1. The zero-order chi connectivity index (χ0) is 12.3. The third-order valence-electron chi connectivity index (χ3n) is 4.66. The molecule has 1 atom stereocenters. The van der Waals surface area contributed by atoms with E-state index >= 15 is 0 Å². The van der Waals surface area contributed by atoms with Crippen molar-refractivity contribution in [1.82, 2.24) is 10.2 Å². The molecule has 1 unspecified atom stereocenters. The summed E-state index contributed by atoms with van der Waals surface area (Å²) in [6.07, 6.45) is 5.69. The SMILES string of the molecule is CC(C)N(C)CC1CCC2(CCNCC2)CO1.Cl. The Morgan fingerprint density at radius 1 is 1.28 bits per heavy atom. The van der Waals surface area contributed by atoms with Crippen molar-refractivity contribution in [2.45, 2.75) is 51.7 Å². The zero-order valence-electron chi connectivity index (χ0n) is 12.1. The highest BCUT2D eigenvalue weighted by atomic mass is 35.5. The van der Waals surface area contributed by atoms with Gasteiger partial charge in [-0.05, 0) is 65.1 Å². The topological polar surface area (TPSA) is 24.5 Å². The van der Waals surface area contributed by atoms with Gasteiger partial charge in [-0.15, -0.1) is 12.4 Å². The second-order valence-corrected chi connectivity index (χ2v) is 6.26. The van der Waals surface area contributed by atoms with E-state index in [0.29, 0.717) is 17.6 Å². The fourth-order valence-corrected chi connectivity index (χ4v) is 2.94. The lowest BCUT2D eigenvalue weighted by atomic mass is 9.74. The van der Waals surface area contributed by atoms with E-state index in [-0.39, 0.29) is 12.4 Å². The van der Waals surface area contributed by atoms with Crippen LogP contribution in [0.5, 0.6) is 0 Å². The molecule has 2 heterocycles. The van der Waals surface area contributed by atoms with E-state index in [2.05, 4.69) is 31.1 Å². The van der Waals surface area contributed by atoms with Crippen molar-refractivity contribution in [2.75, 3.05) is 33.3 Å². The van der Waals surface area contributed by atoms with Crippen LogP contribution >= 0.6 is 12.4 Å². The zero-order valence-corrected chi connectivity index (χ0v) is 12.9. The van der Waals surface area contributed by atoms with Crippen LogP contribution in [-0.4, -0.2) is 50.3 Å². The van der Waals surface area contributed by atoms with Gasteiger partial charge in [-0.25, -0.2) is 0 Å². The van der Waals surface area contributed by atoms with Crippen LogP contribution in [-0.2, 0) is 4.74 Å². The fourth-order valence-electron chi connectivity index (χ4n) is 2.94. The summed E-state index contributed by atoms with van der Waals surface area (Å²) in [5.74, 6) is 0. The Labute approximate surface area is 118 Å². The summed E-state index contributed by atoms with van der Waals surface area (Å²) in [4.78, 5) is 2.39. The second-order valence-electron chi connectivity index (χ2n) is 6.26. The third kappa shape index (κ3) is 4.09. The molecular weight excluding hydrogens is 248 g/mol. The van der Waals surface area contributed by atoms with E-state index < -0.39 is 0 Å². The highest BCUT2D eigenvalue weighted by Crippen LogP contribution is 2.38. The number of likely N-dealkylation sites (N-methyl/N-ethyl adjacent to an activating group) is 1. The maximum atomic E-state index is 6.12. The molecule has 0 bridgehead atoms. The molecule has 0 aromatic rings. The van der Waals surface area contributed by atoms with Gasteiger partial charge in [0.25, 0.3) is 0 Å². The minimum Gasteiger partial charge on any atom is -0.376 e. The molecule has 0 amide bonds. The molecule has 0 saturated carbocycles. The van der Waals surface area contributed by atoms with E-state index in [9.17, 15) is 0 Å². The average molecular weight is 277 g/mol. The summed E-state index contributed by atoms with van der Waals surface area (Å²) in [7, 11) is 2.20. The van der Waals surface area contributed by atoms with E-state index in [0.717, 1.165) is 13.2 Å². The highest BCUT2D eigenvalue weighted by molar-refractivity contribution is 5.85. The minimum atomic E-state index is 0. The largest absolute Gasteiger partial charge is 0.376 e. The molecule has 3 nitrogen and oxygen atoms in total. The summed E-state index contributed by atoms with van der Waals surface area (Å²) in [5, 5.41) is 3.45. The van der Waals surface area contributed by atoms with Gasteiger partial charge in [0.1, 0.15) is 0 Å². The normalized spacial score (nSPS) is 27.5. The van der Waals surface area contributed by atoms with Gasteiger partial charge in [0.2, 0.25) is 0 Å². The van der Waals surface area contributed by atoms with E-state index in [1.807, 2.05) is 0 Å². The van der Waals surface area contributed by atoms with Crippen LogP contribution in [0.2, 0.25) is 0 Å². The van der Waals surface area contributed by atoms with Crippen molar-refractivity contribution in [2.24, 2.45) is 5.41 Å². The Bertz CT molecular complexity index is 232. The first-order valence-electron chi connectivity index (χ1n) is 7.14. The first-order chi connectivity index (χ1) is 8.11. The molecule has 2 aliphatic rings. The van der Waals surface area contributed by atoms with Crippen molar-refractivity contribution in [3.8, 4) is 0 Å². The molecule has 0 aromatic carbocycles. The van der Waals surface area contributed by atoms with Gasteiger partial charge in [-0.2, -0.15) is 0 Å². The summed E-state index contributed by atoms with van der Waals surface area (Å²) >= 11 is 0. The Balaban J connectivity index is 0.00000162. The molecule has 2 saturated heterocycles. The van der Waals surface area contributed by atoms with Gasteiger partial charge >= 0.3 is 0 Å². The Morgan fingerprint density at radius 2 is 1.94 bits per heavy atom. The van der Waals surface area contributed by atoms with Crippen LogP contribution in [0.25, 0.3) is 0 Å². The van der Waals surface area contributed by atoms with Gasteiger partial charge in [-0.1, -0.05) is 0 Å². The van der Waals surface area contributed by atoms with Crippen molar-refractivity contribution in [3.05, 3.63) is 0 Å². The molecule has 1 N–H and O–H groups in total. The molecular formula is C14H29ClN2O. The lowest BCUT2D eigenvalue weighted by Gasteiger charge is -2.43. The Hall–Kier alpha value is 0.170. The molecule has 18 heavy (non-hydrogen) atoms. The molecule has 2 aliphatic heterocycles. The van der Waals surface area contributed by atoms with Crippen LogP contribution in [0.1, 0.15) is 39.5 Å². The average Bonchev–Trinajstić information content (AvgIpc) is 2.33. The number of hydrogen-bond donors (Lipinski definition) is 1. The lowest BCUT2D eigenvalue weighted by molar-refractivity contribution is -0.0840. The van der Waals surface area contributed by atoms with Crippen LogP contribution in [0.15, 0.2) is 0 Å². The van der Waals surface area contributed by atoms with Crippen LogP contribution < -0.4 is 5.32 Å². The maximum Gasteiger partial charge on any atom is 0.0702 e. The van der Waals surface area contributed by atoms with Crippen molar-refractivity contribution in [3.63, 3.8) is 0 Å². The van der Waals surface area contributed by atoms with E-state index in [1.165, 1.54) is 38.8 Å². The number of halogens is 1. The quantitative estimate of drug-likeness (QED) is 0.856. The van der Waals surface area contributed by atoms with Gasteiger partial charge in [0.05, 0.1) is 12.7 Å². The van der Waals surface area contributed by atoms with E-state index in [4.69, 9.17) is 4.74 Å². The van der Waals surface area contributed by atoms with Gasteiger partial charge < -0.3 is 15.0 Å². The standard InChI is InChI=1S/C14H28N2O.ClH/c1-12(2)16(3)10-13-4-5-14(11-17-13)6-8-15-9-7-14;/h12-13,15H,4-11H2,1-3H3;1H. The first kappa shape index (κ1) is 16.2. The minimum absolute atomic E-state index is 0.